The number of dihydropyridines is 1. The van der Waals surface area contributed by atoms with Crippen molar-refractivity contribution in [2.75, 3.05) is 5.32 Å². The minimum absolute atomic E-state index is 0.115. The maximum atomic E-state index is 14.0. The van der Waals surface area contributed by atoms with E-state index in [4.69, 9.17) is 0 Å². The zero-order chi connectivity index (χ0) is 18.9. The Morgan fingerprint density at radius 1 is 1.27 bits per heavy atom. The third-order valence-corrected chi connectivity index (χ3v) is 4.67. The Bertz CT molecular complexity index is 889. The molecule has 26 heavy (non-hydrogen) atoms. The largest absolute Gasteiger partial charge is 0.424 e. The minimum Gasteiger partial charge on any atom is -0.364 e. The number of nitrogens with zero attached hydrogens (tertiary/aromatic N) is 2. The Kier molecular flexibility index (Phi) is 4.57. The average Bonchev–Trinajstić information content (AvgIpc) is 2.99. The molecule has 9 heteroatoms. The van der Waals surface area contributed by atoms with Crippen molar-refractivity contribution in [3.05, 3.63) is 59.0 Å². The number of nitrogens with one attached hydrogen (secondary N) is 2. The van der Waals surface area contributed by atoms with E-state index in [0.29, 0.717) is 11.3 Å². The second-order valence-electron chi connectivity index (χ2n) is 5.84. The summed E-state index contributed by atoms with van der Waals surface area (Å²) in [5.74, 6) is -1.24. The summed E-state index contributed by atoms with van der Waals surface area (Å²) in [6.45, 7) is 3.17. The van der Waals surface area contributed by atoms with Gasteiger partial charge in [-0.3, -0.25) is 15.1 Å². The molecule has 0 saturated heterocycles. The number of anilines is 1. The van der Waals surface area contributed by atoms with E-state index in [0.717, 1.165) is 17.4 Å². The molecule has 0 fully saturated rings. The molecule has 3 rings (SSSR count). The third-order valence-electron chi connectivity index (χ3n) is 3.80. The van der Waals surface area contributed by atoms with Gasteiger partial charge in [0.2, 0.25) is 5.54 Å². The van der Waals surface area contributed by atoms with Crippen molar-refractivity contribution < 1.29 is 18.0 Å². The van der Waals surface area contributed by atoms with Gasteiger partial charge in [0.1, 0.15) is 0 Å². The molecular weight excluding hydrogens is 365 g/mol. The van der Waals surface area contributed by atoms with Crippen LogP contribution in [0.3, 0.4) is 0 Å². The van der Waals surface area contributed by atoms with Gasteiger partial charge in [0.25, 0.3) is 5.91 Å². The highest BCUT2D eigenvalue weighted by molar-refractivity contribution is 7.13. The summed E-state index contributed by atoms with van der Waals surface area (Å²) in [4.78, 5) is 20.5. The molecule has 3 heterocycles. The number of pyridine rings is 1. The number of allylic oxidation sites excluding steroid dienone is 3. The Hall–Kier alpha value is -2.68. The van der Waals surface area contributed by atoms with Gasteiger partial charge < -0.3 is 5.32 Å². The van der Waals surface area contributed by atoms with Gasteiger partial charge in [-0.2, -0.15) is 13.2 Å². The molecule has 2 N–H and O–H groups in total. The molecule has 5 nitrogen and oxygen atoms in total. The number of carbonyl (C=O) groups is 1. The molecule has 0 spiro atoms. The Morgan fingerprint density at radius 3 is 2.54 bits per heavy atom. The summed E-state index contributed by atoms with van der Waals surface area (Å²) < 4.78 is 42.0. The third kappa shape index (κ3) is 3.34. The lowest BCUT2D eigenvalue weighted by Crippen LogP contribution is -2.63. The molecule has 1 amide bonds. The second-order valence-corrected chi connectivity index (χ2v) is 6.70. The fraction of sp³-hybridized carbons (Fsp3) is 0.235. The van der Waals surface area contributed by atoms with Crippen molar-refractivity contribution in [1.29, 1.82) is 0 Å². The van der Waals surface area contributed by atoms with Crippen LogP contribution in [0.2, 0.25) is 0 Å². The molecule has 0 saturated carbocycles. The zero-order valence-electron chi connectivity index (χ0n) is 13.9. The SMILES string of the molecule is CC1=CC(c2ccncc2)=CC(C(=O)Nc2nc(C)cs2)(C(F)(F)F)N1. The predicted molar refractivity (Wildman–Crippen MR) is 93.4 cm³/mol. The lowest BCUT2D eigenvalue weighted by atomic mass is 9.88. The molecule has 0 radical (unpaired) electrons. The van der Waals surface area contributed by atoms with E-state index in [9.17, 15) is 18.0 Å². The van der Waals surface area contributed by atoms with E-state index in [1.165, 1.54) is 19.3 Å². The van der Waals surface area contributed by atoms with E-state index >= 15 is 0 Å². The van der Waals surface area contributed by atoms with Crippen LogP contribution < -0.4 is 10.6 Å². The Balaban J connectivity index is 2.06. The fourth-order valence-electron chi connectivity index (χ4n) is 2.61. The summed E-state index contributed by atoms with van der Waals surface area (Å²) >= 11 is 1.07. The first-order valence-electron chi connectivity index (χ1n) is 7.61. The molecule has 0 aliphatic carbocycles. The zero-order valence-corrected chi connectivity index (χ0v) is 14.7. The van der Waals surface area contributed by atoms with E-state index in [-0.39, 0.29) is 16.4 Å². The van der Waals surface area contributed by atoms with Crippen LogP contribution in [0, 0.1) is 6.92 Å². The van der Waals surface area contributed by atoms with Gasteiger partial charge >= 0.3 is 6.18 Å². The van der Waals surface area contributed by atoms with Gasteiger partial charge in [-0.25, -0.2) is 4.98 Å². The van der Waals surface area contributed by atoms with Crippen molar-refractivity contribution in [3.8, 4) is 0 Å². The van der Waals surface area contributed by atoms with Crippen molar-refractivity contribution in [2.45, 2.75) is 25.6 Å². The minimum atomic E-state index is -4.86. The van der Waals surface area contributed by atoms with Crippen LogP contribution in [-0.2, 0) is 4.79 Å². The van der Waals surface area contributed by atoms with Crippen molar-refractivity contribution in [3.63, 3.8) is 0 Å². The molecule has 1 unspecified atom stereocenters. The molecule has 0 bridgehead atoms. The first-order chi connectivity index (χ1) is 12.2. The molecule has 1 aliphatic heterocycles. The molecule has 2 aromatic heterocycles. The number of carbonyl (C=O) groups excluding carboxylic acids is 1. The fourth-order valence-corrected chi connectivity index (χ4v) is 3.30. The Morgan fingerprint density at radius 2 is 1.96 bits per heavy atom. The molecular formula is C17H15F3N4OS. The highest BCUT2D eigenvalue weighted by atomic mass is 32.1. The lowest BCUT2D eigenvalue weighted by molar-refractivity contribution is -0.183. The van der Waals surface area contributed by atoms with Crippen LogP contribution in [-0.4, -0.2) is 27.6 Å². The molecule has 2 aromatic rings. The van der Waals surface area contributed by atoms with Crippen molar-refractivity contribution in [2.24, 2.45) is 0 Å². The van der Waals surface area contributed by atoms with Crippen LogP contribution in [0.5, 0.6) is 0 Å². The monoisotopic (exact) mass is 380 g/mol. The molecule has 136 valence electrons. The number of alkyl halides is 3. The quantitative estimate of drug-likeness (QED) is 0.853. The van der Waals surface area contributed by atoms with Crippen LogP contribution in [0.1, 0.15) is 18.2 Å². The van der Waals surface area contributed by atoms with Gasteiger partial charge in [0.05, 0.1) is 5.69 Å². The summed E-state index contributed by atoms with van der Waals surface area (Å²) in [5.41, 5.74) is -1.24. The summed E-state index contributed by atoms with van der Waals surface area (Å²) in [6.07, 6.45) is 0.548. The number of halogens is 3. The number of hydrogen-bond donors (Lipinski definition) is 2. The number of thiazole rings is 1. The average molecular weight is 380 g/mol. The molecule has 1 aliphatic rings. The van der Waals surface area contributed by atoms with Gasteiger partial charge in [0.15, 0.2) is 5.13 Å². The topological polar surface area (TPSA) is 66.9 Å². The first kappa shape index (κ1) is 18.1. The molecule has 0 aromatic carbocycles. The van der Waals surface area contributed by atoms with Gasteiger partial charge in [-0.15, -0.1) is 11.3 Å². The standard InChI is InChI=1S/C17H15F3N4OS/c1-10-7-13(12-3-5-21-6-4-12)8-16(24-10,17(18,19)20)14(25)23-15-22-11(2)9-26-15/h3-9,24H,1-2H3,(H,22,23,25). The maximum absolute atomic E-state index is 14.0. The van der Waals surface area contributed by atoms with Gasteiger partial charge in [-0.05, 0) is 49.3 Å². The highest BCUT2D eigenvalue weighted by Crippen LogP contribution is 2.39. The van der Waals surface area contributed by atoms with Crippen LogP contribution in [0.15, 0.2) is 47.8 Å². The van der Waals surface area contributed by atoms with Gasteiger partial charge in [-0.1, -0.05) is 0 Å². The number of amides is 1. The van der Waals surface area contributed by atoms with Crippen LogP contribution in [0.25, 0.3) is 5.57 Å². The first-order valence-corrected chi connectivity index (χ1v) is 8.49. The van der Waals surface area contributed by atoms with Crippen LogP contribution in [0.4, 0.5) is 18.3 Å². The van der Waals surface area contributed by atoms with Crippen LogP contribution >= 0.6 is 11.3 Å². The Labute approximate surface area is 151 Å². The number of aryl methyl sites for hydroxylation is 1. The second kappa shape index (κ2) is 6.56. The predicted octanol–water partition coefficient (Wildman–Crippen LogP) is 3.68. The van der Waals surface area contributed by atoms with Crippen molar-refractivity contribution >= 4 is 27.9 Å². The number of aromatic nitrogens is 2. The summed E-state index contributed by atoms with van der Waals surface area (Å²) in [5, 5.41) is 6.34. The van der Waals surface area contributed by atoms with E-state index in [1.807, 2.05) is 0 Å². The maximum Gasteiger partial charge on any atom is 0.424 e. The summed E-state index contributed by atoms with van der Waals surface area (Å²) in [7, 11) is 0. The lowest BCUT2D eigenvalue weighted by Gasteiger charge is -2.36. The van der Waals surface area contributed by atoms with Crippen molar-refractivity contribution in [1.82, 2.24) is 15.3 Å². The molecule has 1 atom stereocenters. The summed E-state index contributed by atoms with van der Waals surface area (Å²) in [6, 6.07) is 3.17. The number of hydrogen-bond acceptors (Lipinski definition) is 5. The normalized spacial score (nSPS) is 20.0. The van der Waals surface area contributed by atoms with E-state index < -0.39 is 17.6 Å². The highest BCUT2D eigenvalue weighted by Gasteiger charge is 2.60. The van der Waals surface area contributed by atoms with Gasteiger partial charge in [0, 0.05) is 23.5 Å². The number of rotatable bonds is 3. The van der Waals surface area contributed by atoms with E-state index in [2.05, 4.69) is 20.6 Å². The smallest absolute Gasteiger partial charge is 0.364 e. The van der Waals surface area contributed by atoms with E-state index in [1.54, 1.807) is 30.5 Å².